The smallest absolute Gasteiger partial charge is 0.375 e. The number of hydrogen-bond acceptors (Lipinski definition) is 7. The SMILES string of the molecule is COc1ccc(CCNC(=O)COC(=O)c2oc3ccccc3c2COC(C)C)cc1OC. The maximum Gasteiger partial charge on any atom is 0.375 e. The van der Waals surface area contributed by atoms with E-state index < -0.39 is 18.5 Å². The zero-order chi connectivity index (χ0) is 23.8. The predicted molar refractivity (Wildman–Crippen MR) is 123 cm³/mol. The highest BCUT2D eigenvalue weighted by molar-refractivity contribution is 5.96. The highest BCUT2D eigenvalue weighted by atomic mass is 16.5. The van der Waals surface area contributed by atoms with Gasteiger partial charge >= 0.3 is 5.97 Å². The standard InChI is InChI=1S/C25H29NO7/c1-16(2)31-14-19-18-7-5-6-8-20(18)33-24(19)25(28)32-15-23(27)26-12-11-17-9-10-21(29-3)22(13-17)30-4/h5-10,13,16H,11-12,14-15H2,1-4H3,(H,26,27). The average Bonchev–Trinajstić information content (AvgIpc) is 3.19. The molecule has 8 heteroatoms. The fourth-order valence-corrected chi connectivity index (χ4v) is 3.29. The molecule has 33 heavy (non-hydrogen) atoms. The Morgan fingerprint density at radius 3 is 2.52 bits per heavy atom. The van der Waals surface area contributed by atoms with Crippen LogP contribution >= 0.6 is 0 Å². The van der Waals surface area contributed by atoms with Gasteiger partial charge in [0, 0.05) is 17.5 Å². The molecule has 0 saturated carbocycles. The molecule has 1 heterocycles. The second-order valence-corrected chi connectivity index (χ2v) is 7.63. The van der Waals surface area contributed by atoms with Gasteiger partial charge in [-0.15, -0.1) is 0 Å². The van der Waals surface area contributed by atoms with Gasteiger partial charge in [-0.3, -0.25) is 4.79 Å². The van der Waals surface area contributed by atoms with E-state index in [1.54, 1.807) is 20.3 Å². The molecule has 0 aliphatic rings. The van der Waals surface area contributed by atoms with Gasteiger partial charge in [-0.05, 0) is 44.0 Å². The Labute approximate surface area is 192 Å². The summed E-state index contributed by atoms with van der Waals surface area (Å²) in [4.78, 5) is 24.8. The van der Waals surface area contributed by atoms with Crippen molar-refractivity contribution in [2.24, 2.45) is 0 Å². The Hall–Kier alpha value is -3.52. The Morgan fingerprint density at radius 2 is 1.79 bits per heavy atom. The Bertz CT molecular complexity index is 1100. The van der Waals surface area contributed by atoms with Crippen molar-refractivity contribution >= 4 is 22.8 Å². The molecule has 0 radical (unpaired) electrons. The van der Waals surface area contributed by atoms with Crippen LogP contribution in [0.25, 0.3) is 11.0 Å². The minimum absolute atomic E-state index is 0.0148. The molecule has 1 aromatic heterocycles. The number of carbonyl (C=O) groups is 2. The lowest BCUT2D eigenvalue weighted by Gasteiger charge is -2.10. The number of benzene rings is 2. The van der Waals surface area contributed by atoms with Crippen LogP contribution in [0, 0.1) is 0 Å². The lowest BCUT2D eigenvalue weighted by molar-refractivity contribution is -0.124. The number of amides is 1. The third-order valence-corrected chi connectivity index (χ3v) is 4.96. The minimum Gasteiger partial charge on any atom is -0.493 e. The van der Waals surface area contributed by atoms with E-state index in [0.717, 1.165) is 10.9 Å². The van der Waals surface area contributed by atoms with Crippen LogP contribution in [-0.4, -0.2) is 45.4 Å². The summed E-state index contributed by atoms with van der Waals surface area (Å²) in [7, 11) is 3.14. The number of hydrogen-bond donors (Lipinski definition) is 1. The number of furan rings is 1. The lowest BCUT2D eigenvalue weighted by atomic mass is 10.1. The van der Waals surface area contributed by atoms with Crippen LogP contribution in [0.3, 0.4) is 0 Å². The maximum atomic E-state index is 12.6. The summed E-state index contributed by atoms with van der Waals surface area (Å²) in [6.45, 7) is 3.99. The van der Waals surface area contributed by atoms with Crippen LogP contribution in [0.15, 0.2) is 46.9 Å². The van der Waals surface area contributed by atoms with Crippen molar-refractivity contribution in [3.05, 3.63) is 59.4 Å². The molecule has 2 aromatic carbocycles. The van der Waals surface area contributed by atoms with Gasteiger partial charge in [0.15, 0.2) is 18.1 Å². The molecule has 0 atom stereocenters. The largest absolute Gasteiger partial charge is 0.493 e. The summed E-state index contributed by atoms with van der Waals surface area (Å²) < 4.78 is 27.1. The summed E-state index contributed by atoms with van der Waals surface area (Å²) in [6.07, 6.45) is 0.569. The summed E-state index contributed by atoms with van der Waals surface area (Å²) >= 11 is 0. The summed E-state index contributed by atoms with van der Waals surface area (Å²) in [5, 5.41) is 3.52. The fourth-order valence-electron chi connectivity index (χ4n) is 3.29. The van der Waals surface area contributed by atoms with Gasteiger partial charge < -0.3 is 28.7 Å². The van der Waals surface area contributed by atoms with Gasteiger partial charge in [0.05, 0.1) is 26.9 Å². The molecule has 0 saturated heterocycles. The molecule has 0 aliphatic carbocycles. The van der Waals surface area contributed by atoms with Gasteiger partial charge in [-0.25, -0.2) is 4.79 Å². The van der Waals surface area contributed by atoms with E-state index in [1.807, 2.05) is 50.2 Å². The van der Waals surface area contributed by atoms with E-state index in [4.69, 9.17) is 23.4 Å². The van der Waals surface area contributed by atoms with Crippen molar-refractivity contribution in [3.8, 4) is 11.5 Å². The monoisotopic (exact) mass is 455 g/mol. The zero-order valence-corrected chi connectivity index (χ0v) is 19.3. The van der Waals surface area contributed by atoms with Gasteiger partial charge in [-0.1, -0.05) is 24.3 Å². The van der Waals surface area contributed by atoms with Crippen molar-refractivity contribution in [1.29, 1.82) is 0 Å². The summed E-state index contributed by atoms with van der Waals surface area (Å²) in [5.41, 5.74) is 2.14. The van der Waals surface area contributed by atoms with E-state index >= 15 is 0 Å². The molecule has 176 valence electrons. The van der Waals surface area contributed by atoms with E-state index in [0.29, 0.717) is 35.6 Å². The van der Waals surface area contributed by atoms with Crippen molar-refractivity contribution in [2.75, 3.05) is 27.4 Å². The molecule has 1 amide bonds. The van der Waals surface area contributed by atoms with Gasteiger partial charge in [-0.2, -0.15) is 0 Å². The number of rotatable bonds is 11. The summed E-state index contributed by atoms with van der Waals surface area (Å²) in [6, 6.07) is 12.9. The average molecular weight is 456 g/mol. The Kier molecular flexibility index (Phi) is 8.32. The number of esters is 1. The first-order valence-corrected chi connectivity index (χ1v) is 10.7. The van der Waals surface area contributed by atoms with Crippen molar-refractivity contribution < 1.29 is 33.0 Å². The van der Waals surface area contributed by atoms with Crippen LogP contribution < -0.4 is 14.8 Å². The van der Waals surface area contributed by atoms with Crippen molar-refractivity contribution in [3.63, 3.8) is 0 Å². The second-order valence-electron chi connectivity index (χ2n) is 7.63. The molecule has 3 rings (SSSR count). The van der Waals surface area contributed by atoms with Crippen molar-refractivity contribution in [1.82, 2.24) is 5.32 Å². The lowest BCUT2D eigenvalue weighted by Crippen LogP contribution is -2.30. The van der Waals surface area contributed by atoms with Gasteiger partial charge in [0.2, 0.25) is 5.76 Å². The molecule has 1 N–H and O–H groups in total. The molecule has 0 unspecified atom stereocenters. The highest BCUT2D eigenvalue weighted by Gasteiger charge is 2.23. The van der Waals surface area contributed by atoms with Crippen LogP contribution in [-0.2, 0) is 27.3 Å². The molecule has 0 fully saturated rings. The highest BCUT2D eigenvalue weighted by Crippen LogP contribution is 2.28. The first-order chi connectivity index (χ1) is 15.9. The van der Waals surface area contributed by atoms with Crippen LogP contribution in [0.2, 0.25) is 0 Å². The molecule has 0 aliphatic heterocycles. The number of para-hydroxylation sites is 1. The number of carbonyl (C=O) groups excluding carboxylic acids is 2. The van der Waals surface area contributed by atoms with Crippen LogP contribution in [0.4, 0.5) is 0 Å². The first-order valence-electron chi connectivity index (χ1n) is 10.7. The summed E-state index contributed by atoms with van der Waals surface area (Å²) in [5.74, 6) is 0.206. The molecule has 8 nitrogen and oxygen atoms in total. The zero-order valence-electron chi connectivity index (χ0n) is 19.3. The predicted octanol–water partition coefficient (Wildman–Crippen LogP) is 3.89. The maximum absolute atomic E-state index is 12.6. The quantitative estimate of drug-likeness (QED) is 0.438. The first kappa shape index (κ1) is 24.1. The number of methoxy groups -OCH3 is 2. The fraction of sp³-hybridized carbons (Fsp3) is 0.360. The number of ether oxygens (including phenoxy) is 4. The number of nitrogens with one attached hydrogen (secondary N) is 1. The third-order valence-electron chi connectivity index (χ3n) is 4.96. The Balaban J connectivity index is 1.55. The van der Waals surface area contributed by atoms with Crippen molar-refractivity contribution in [2.45, 2.75) is 33.0 Å². The third kappa shape index (κ3) is 6.26. The Morgan fingerprint density at radius 1 is 1.03 bits per heavy atom. The normalized spacial score (nSPS) is 10.9. The van der Waals surface area contributed by atoms with Gasteiger partial charge in [0.1, 0.15) is 5.58 Å². The number of fused-ring (bicyclic) bond motifs is 1. The molecular formula is C25H29NO7. The topological polar surface area (TPSA) is 96.2 Å². The molecule has 0 spiro atoms. The van der Waals surface area contributed by atoms with Gasteiger partial charge in [0.25, 0.3) is 5.91 Å². The van der Waals surface area contributed by atoms with E-state index in [-0.39, 0.29) is 18.5 Å². The van der Waals surface area contributed by atoms with E-state index in [9.17, 15) is 9.59 Å². The van der Waals surface area contributed by atoms with Crippen LogP contribution in [0.1, 0.15) is 35.5 Å². The minimum atomic E-state index is -0.705. The second kappa shape index (κ2) is 11.4. The molecule has 3 aromatic rings. The molecule has 0 bridgehead atoms. The van der Waals surface area contributed by atoms with Crippen LogP contribution in [0.5, 0.6) is 11.5 Å². The van der Waals surface area contributed by atoms with E-state index in [1.165, 1.54) is 0 Å². The van der Waals surface area contributed by atoms with E-state index in [2.05, 4.69) is 5.32 Å². The molecular weight excluding hydrogens is 426 g/mol.